The number of halogens is 4. The van der Waals surface area contributed by atoms with Crippen molar-refractivity contribution in [2.75, 3.05) is 0 Å². The Hall–Kier alpha value is -1.32. The molecule has 0 aromatic heterocycles. The highest BCUT2D eigenvalue weighted by molar-refractivity contribution is 5.72. The van der Waals surface area contributed by atoms with Crippen LogP contribution in [0.25, 0.3) is 5.83 Å². The molecule has 0 heterocycles. The van der Waals surface area contributed by atoms with Crippen molar-refractivity contribution >= 4 is 5.83 Å². The van der Waals surface area contributed by atoms with Crippen LogP contribution in [0.2, 0.25) is 0 Å². The summed E-state index contributed by atoms with van der Waals surface area (Å²) in [6.45, 7) is 0. The fourth-order valence-electron chi connectivity index (χ4n) is 1.32. The van der Waals surface area contributed by atoms with Crippen LogP contribution in [-0.2, 0) is 5.92 Å². The molecule has 0 amide bonds. The van der Waals surface area contributed by atoms with Crippen molar-refractivity contribution in [1.82, 2.24) is 0 Å². The van der Waals surface area contributed by atoms with Gasteiger partial charge in [-0.25, -0.2) is 8.78 Å². The molecule has 0 bridgehead atoms. The number of allylic oxidation sites excluding steroid dienone is 1. The Morgan fingerprint density at radius 3 is 2.23 bits per heavy atom. The fraction of sp³-hybridized carbons (Fsp3) is 0.111. The van der Waals surface area contributed by atoms with Crippen molar-refractivity contribution in [3.05, 3.63) is 41.2 Å². The Balaban J connectivity index is 2.74. The molecule has 0 unspecified atom stereocenters. The normalized spacial score (nSPS) is 19.1. The van der Waals surface area contributed by atoms with Crippen molar-refractivity contribution in [1.29, 1.82) is 0 Å². The molecular weight excluding hydrogens is 184 g/mol. The van der Waals surface area contributed by atoms with Gasteiger partial charge in [0.1, 0.15) is 0 Å². The van der Waals surface area contributed by atoms with Gasteiger partial charge in [0, 0.05) is 11.1 Å². The number of hydrogen-bond donors (Lipinski definition) is 0. The van der Waals surface area contributed by atoms with Gasteiger partial charge in [-0.05, 0) is 0 Å². The second kappa shape index (κ2) is 2.34. The lowest BCUT2D eigenvalue weighted by Crippen LogP contribution is -2.10. The lowest BCUT2D eigenvalue weighted by atomic mass is 10.1. The summed E-state index contributed by atoms with van der Waals surface area (Å²) in [6.07, 6.45) is 0. The summed E-state index contributed by atoms with van der Waals surface area (Å²) in [5.74, 6) is -7.25. The van der Waals surface area contributed by atoms with Crippen molar-refractivity contribution in [2.45, 2.75) is 5.92 Å². The van der Waals surface area contributed by atoms with Gasteiger partial charge in [-0.3, -0.25) is 0 Å². The van der Waals surface area contributed by atoms with Crippen LogP contribution in [0, 0.1) is 0 Å². The molecule has 0 spiro atoms. The second-order valence-corrected chi connectivity index (χ2v) is 2.75. The van der Waals surface area contributed by atoms with E-state index in [2.05, 4.69) is 0 Å². The minimum atomic E-state index is -3.80. The van der Waals surface area contributed by atoms with E-state index in [4.69, 9.17) is 0 Å². The summed E-state index contributed by atoms with van der Waals surface area (Å²) in [5.41, 5.74) is -0.963. The zero-order valence-corrected chi connectivity index (χ0v) is 6.32. The summed E-state index contributed by atoms with van der Waals surface area (Å²) in [6, 6.07) is 4.85. The molecule has 1 aromatic rings. The first kappa shape index (κ1) is 8.29. The van der Waals surface area contributed by atoms with Crippen LogP contribution in [0.4, 0.5) is 17.6 Å². The van der Waals surface area contributed by atoms with Crippen molar-refractivity contribution < 1.29 is 17.6 Å². The maximum absolute atomic E-state index is 12.9. The summed E-state index contributed by atoms with van der Waals surface area (Å²) in [7, 11) is 0. The highest BCUT2D eigenvalue weighted by atomic mass is 19.3. The molecule has 1 aliphatic carbocycles. The SMILES string of the molecule is FC1=C(F)C(F)(F)c2ccccc21. The first-order valence-electron chi connectivity index (χ1n) is 3.58. The lowest BCUT2D eigenvalue weighted by molar-refractivity contribution is 0.0181. The third-order valence-electron chi connectivity index (χ3n) is 1.97. The molecule has 4 heteroatoms. The Kier molecular flexibility index (Phi) is 1.49. The largest absolute Gasteiger partial charge is 0.327 e. The van der Waals surface area contributed by atoms with E-state index in [1.165, 1.54) is 12.1 Å². The number of hydrogen-bond acceptors (Lipinski definition) is 0. The predicted molar refractivity (Wildman–Crippen MR) is 39.5 cm³/mol. The summed E-state index contributed by atoms with van der Waals surface area (Å²) in [4.78, 5) is 0. The molecule has 0 N–H and O–H groups in total. The number of rotatable bonds is 0. The van der Waals surface area contributed by atoms with Crippen LogP contribution >= 0.6 is 0 Å². The van der Waals surface area contributed by atoms with E-state index < -0.39 is 23.1 Å². The molecule has 1 aromatic carbocycles. The number of alkyl halides is 2. The Bertz CT molecular complexity index is 392. The highest BCUT2D eigenvalue weighted by Crippen LogP contribution is 2.49. The molecular formula is C9H4F4. The fourth-order valence-corrected chi connectivity index (χ4v) is 1.32. The van der Waals surface area contributed by atoms with Gasteiger partial charge in [0.25, 0.3) is 0 Å². The molecule has 68 valence electrons. The average Bonchev–Trinajstić information content (AvgIpc) is 2.30. The first-order valence-corrected chi connectivity index (χ1v) is 3.58. The molecule has 0 fully saturated rings. The molecule has 1 aliphatic rings. The molecule has 0 atom stereocenters. The maximum Gasteiger partial charge on any atom is 0.327 e. The van der Waals surface area contributed by atoms with Gasteiger partial charge in [-0.1, -0.05) is 24.3 Å². The van der Waals surface area contributed by atoms with Crippen molar-refractivity contribution in [3.63, 3.8) is 0 Å². The molecule has 0 saturated carbocycles. The van der Waals surface area contributed by atoms with Crippen LogP contribution in [0.15, 0.2) is 30.1 Å². The topological polar surface area (TPSA) is 0 Å². The van der Waals surface area contributed by atoms with Gasteiger partial charge < -0.3 is 0 Å². The molecule has 0 nitrogen and oxygen atoms in total. The van der Waals surface area contributed by atoms with E-state index in [-0.39, 0.29) is 5.56 Å². The van der Waals surface area contributed by atoms with E-state index in [9.17, 15) is 17.6 Å². The van der Waals surface area contributed by atoms with Crippen LogP contribution in [0.3, 0.4) is 0 Å². The first-order chi connectivity index (χ1) is 6.05. The summed E-state index contributed by atoms with van der Waals surface area (Å²) >= 11 is 0. The monoisotopic (exact) mass is 188 g/mol. The van der Waals surface area contributed by atoms with Gasteiger partial charge in [0.15, 0.2) is 5.83 Å². The van der Waals surface area contributed by atoms with Crippen molar-refractivity contribution in [2.24, 2.45) is 0 Å². The summed E-state index contributed by atoms with van der Waals surface area (Å²) in [5, 5.41) is 0. The van der Waals surface area contributed by atoms with E-state index in [0.717, 1.165) is 12.1 Å². The molecule has 0 aliphatic heterocycles. The van der Waals surface area contributed by atoms with Crippen LogP contribution < -0.4 is 0 Å². The van der Waals surface area contributed by atoms with Gasteiger partial charge in [-0.15, -0.1) is 0 Å². The molecule has 13 heavy (non-hydrogen) atoms. The average molecular weight is 188 g/mol. The molecule has 0 radical (unpaired) electrons. The van der Waals surface area contributed by atoms with E-state index >= 15 is 0 Å². The van der Waals surface area contributed by atoms with Gasteiger partial charge in [-0.2, -0.15) is 8.78 Å². The Morgan fingerprint density at radius 1 is 1.00 bits per heavy atom. The van der Waals surface area contributed by atoms with E-state index in [0.29, 0.717) is 0 Å². The van der Waals surface area contributed by atoms with Gasteiger partial charge in [0.05, 0.1) is 0 Å². The lowest BCUT2D eigenvalue weighted by Gasteiger charge is -2.08. The van der Waals surface area contributed by atoms with Crippen LogP contribution in [0.1, 0.15) is 11.1 Å². The Labute approximate surface area is 71.5 Å². The minimum absolute atomic E-state index is 0.356. The smallest absolute Gasteiger partial charge is 0.203 e. The number of fused-ring (bicyclic) bond motifs is 1. The predicted octanol–water partition coefficient (Wildman–Crippen LogP) is 3.40. The third-order valence-corrected chi connectivity index (χ3v) is 1.97. The number of benzene rings is 1. The Morgan fingerprint density at radius 2 is 1.62 bits per heavy atom. The molecule has 2 rings (SSSR count). The van der Waals surface area contributed by atoms with Crippen molar-refractivity contribution in [3.8, 4) is 0 Å². The highest BCUT2D eigenvalue weighted by Gasteiger charge is 2.48. The van der Waals surface area contributed by atoms with Crippen LogP contribution in [-0.4, -0.2) is 0 Å². The van der Waals surface area contributed by atoms with Crippen LogP contribution in [0.5, 0.6) is 0 Å². The summed E-state index contributed by atoms with van der Waals surface area (Å²) < 4.78 is 51.3. The van der Waals surface area contributed by atoms with Gasteiger partial charge >= 0.3 is 5.92 Å². The van der Waals surface area contributed by atoms with Gasteiger partial charge in [0.2, 0.25) is 5.83 Å². The maximum atomic E-state index is 12.9. The van der Waals surface area contributed by atoms with E-state index in [1.807, 2.05) is 0 Å². The zero-order chi connectivity index (χ0) is 9.64. The quantitative estimate of drug-likeness (QED) is 0.547. The molecule has 0 saturated heterocycles. The minimum Gasteiger partial charge on any atom is -0.203 e. The second-order valence-electron chi connectivity index (χ2n) is 2.75. The van der Waals surface area contributed by atoms with E-state index in [1.54, 1.807) is 0 Å². The third kappa shape index (κ3) is 0.913. The zero-order valence-electron chi connectivity index (χ0n) is 6.32. The standard InChI is InChI=1S/C9H4F4/c10-7-5-3-1-2-4-6(5)9(12,13)8(7)11/h1-4H.